The van der Waals surface area contributed by atoms with E-state index in [1.54, 1.807) is 6.92 Å². The van der Waals surface area contributed by atoms with Gasteiger partial charge in [-0.25, -0.2) is 4.79 Å². The van der Waals surface area contributed by atoms with Gasteiger partial charge in [0, 0.05) is 5.39 Å². The number of aryl methyl sites for hydroxylation is 2. The number of carbonyl (C=O) groups is 1. The lowest BCUT2D eigenvalue weighted by molar-refractivity contribution is 0.0520. The van der Waals surface area contributed by atoms with Gasteiger partial charge in [-0.2, -0.15) is 0 Å². The summed E-state index contributed by atoms with van der Waals surface area (Å²) in [5, 5.41) is 0.977. The molecular weight excluding hydrogens is 216 g/mol. The molecule has 1 aromatic heterocycles. The van der Waals surface area contributed by atoms with Gasteiger partial charge in [-0.15, -0.1) is 0 Å². The van der Waals surface area contributed by atoms with Crippen molar-refractivity contribution in [2.45, 2.75) is 20.8 Å². The van der Waals surface area contributed by atoms with Crippen molar-refractivity contribution in [2.24, 2.45) is 0 Å². The molecule has 4 heteroatoms. The molecule has 0 aliphatic carbocycles. The summed E-state index contributed by atoms with van der Waals surface area (Å²) in [7, 11) is 0. The predicted molar refractivity (Wildman–Crippen MR) is 68.1 cm³/mol. The molecule has 2 rings (SSSR count). The van der Waals surface area contributed by atoms with Gasteiger partial charge < -0.3 is 15.5 Å². The highest BCUT2D eigenvalue weighted by Crippen LogP contribution is 2.28. The number of rotatable bonds is 2. The number of nitrogens with one attached hydrogen (secondary N) is 1. The number of nitrogens with two attached hydrogens (primary N) is 1. The summed E-state index contributed by atoms with van der Waals surface area (Å²) < 4.78 is 5.00. The molecule has 0 saturated heterocycles. The third-order valence-electron chi connectivity index (χ3n) is 2.82. The topological polar surface area (TPSA) is 68.1 Å². The van der Waals surface area contributed by atoms with Gasteiger partial charge >= 0.3 is 5.97 Å². The minimum absolute atomic E-state index is 0.335. The van der Waals surface area contributed by atoms with E-state index in [0.29, 0.717) is 18.0 Å². The fraction of sp³-hybridized carbons (Fsp3) is 0.308. The average molecular weight is 232 g/mol. The number of carbonyl (C=O) groups excluding carboxylic acids is 1. The smallest absolute Gasteiger partial charge is 0.355 e. The van der Waals surface area contributed by atoms with E-state index in [2.05, 4.69) is 4.98 Å². The Morgan fingerprint density at radius 2 is 2.12 bits per heavy atom. The number of aromatic amines is 1. The first-order chi connectivity index (χ1) is 8.04. The molecule has 0 atom stereocenters. The highest BCUT2D eigenvalue weighted by Gasteiger charge is 2.16. The number of hydrogen-bond donors (Lipinski definition) is 2. The van der Waals surface area contributed by atoms with Crippen LogP contribution in [0.2, 0.25) is 0 Å². The molecule has 0 bridgehead atoms. The van der Waals surface area contributed by atoms with Crippen molar-refractivity contribution >= 4 is 22.6 Å². The number of benzene rings is 1. The van der Waals surface area contributed by atoms with E-state index in [1.165, 1.54) is 0 Å². The zero-order valence-electron chi connectivity index (χ0n) is 10.3. The van der Waals surface area contributed by atoms with Crippen molar-refractivity contribution in [3.05, 3.63) is 29.0 Å². The average Bonchev–Trinajstić information content (AvgIpc) is 2.57. The largest absolute Gasteiger partial charge is 0.461 e. The Kier molecular flexibility index (Phi) is 2.79. The fourth-order valence-corrected chi connectivity index (χ4v) is 2.01. The normalized spacial score (nSPS) is 10.8. The number of H-pyrrole nitrogens is 1. The summed E-state index contributed by atoms with van der Waals surface area (Å²) in [6.45, 7) is 6.02. The Bertz CT molecular complexity index is 585. The molecule has 17 heavy (non-hydrogen) atoms. The molecule has 90 valence electrons. The number of nitrogen functional groups attached to an aromatic ring is 1. The molecule has 0 saturated carbocycles. The van der Waals surface area contributed by atoms with Gasteiger partial charge in [0.25, 0.3) is 0 Å². The highest BCUT2D eigenvalue weighted by molar-refractivity contribution is 6.02. The minimum atomic E-state index is -0.335. The second kappa shape index (κ2) is 4.13. The number of hydrogen-bond acceptors (Lipinski definition) is 3. The zero-order chi connectivity index (χ0) is 12.6. The molecule has 0 aliphatic heterocycles. The van der Waals surface area contributed by atoms with E-state index in [0.717, 1.165) is 22.0 Å². The molecule has 0 unspecified atom stereocenters. The van der Waals surface area contributed by atoms with Crippen LogP contribution in [0.1, 0.15) is 28.5 Å². The van der Waals surface area contributed by atoms with Gasteiger partial charge in [0.1, 0.15) is 5.69 Å². The lowest BCUT2D eigenvalue weighted by Crippen LogP contribution is -2.06. The predicted octanol–water partition coefficient (Wildman–Crippen LogP) is 2.54. The van der Waals surface area contributed by atoms with E-state index in [1.807, 2.05) is 26.0 Å². The van der Waals surface area contributed by atoms with Crippen LogP contribution in [0, 0.1) is 13.8 Å². The van der Waals surface area contributed by atoms with Crippen molar-refractivity contribution in [3.63, 3.8) is 0 Å². The standard InChI is InChI=1S/C13H16N2O2/c1-4-17-13(16)11-8(3)9-5-7(2)6-10(14)12(9)15-11/h5-6,15H,4,14H2,1-3H3. The van der Waals surface area contributed by atoms with Crippen LogP contribution < -0.4 is 5.73 Å². The molecule has 0 spiro atoms. The molecule has 3 N–H and O–H groups in total. The maximum atomic E-state index is 11.7. The van der Waals surface area contributed by atoms with Gasteiger partial charge in [-0.05, 0) is 44.0 Å². The monoisotopic (exact) mass is 232 g/mol. The Morgan fingerprint density at radius 3 is 2.76 bits per heavy atom. The Hall–Kier alpha value is -1.97. The number of ether oxygens (including phenoxy) is 1. The maximum absolute atomic E-state index is 11.7. The van der Waals surface area contributed by atoms with Gasteiger partial charge in [0.2, 0.25) is 0 Å². The van der Waals surface area contributed by atoms with Crippen LogP contribution in [-0.4, -0.2) is 17.6 Å². The lowest BCUT2D eigenvalue weighted by atomic mass is 10.1. The molecule has 1 aromatic carbocycles. The summed E-state index contributed by atoms with van der Waals surface area (Å²) >= 11 is 0. The van der Waals surface area contributed by atoms with Crippen LogP contribution >= 0.6 is 0 Å². The van der Waals surface area contributed by atoms with E-state index in [9.17, 15) is 4.79 Å². The number of fused-ring (bicyclic) bond motifs is 1. The number of esters is 1. The third-order valence-corrected chi connectivity index (χ3v) is 2.82. The second-order valence-corrected chi connectivity index (χ2v) is 4.12. The Labute approximate surface area is 99.8 Å². The molecule has 0 radical (unpaired) electrons. The quantitative estimate of drug-likeness (QED) is 0.617. The summed E-state index contributed by atoms with van der Waals surface area (Å²) in [5.74, 6) is -0.335. The highest BCUT2D eigenvalue weighted by atomic mass is 16.5. The van der Waals surface area contributed by atoms with Crippen LogP contribution in [-0.2, 0) is 4.74 Å². The van der Waals surface area contributed by atoms with Crippen molar-refractivity contribution in [1.82, 2.24) is 4.98 Å². The molecule has 4 nitrogen and oxygen atoms in total. The molecule has 2 aromatic rings. The first-order valence-corrected chi connectivity index (χ1v) is 5.60. The van der Waals surface area contributed by atoms with E-state index in [4.69, 9.17) is 10.5 Å². The van der Waals surface area contributed by atoms with Crippen molar-refractivity contribution in [3.8, 4) is 0 Å². The molecule has 0 fully saturated rings. The summed E-state index contributed by atoms with van der Waals surface area (Å²) in [5.41, 5.74) is 9.83. The van der Waals surface area contributed by atoms with E-state index >= 15 is 0 Å². The number of aromatic nitrogens is 1. The van der Waals surface area contributed by atoms with Gasteiger partial charge in [0.05, 0.1) is 17.8 Å². The number of anilines is 1. The van der Waals surface area contributed by atoms with Crippen molar-refractivity contribution in [1.29, 1.82) is 0 Å². The SMILES string of the molecule is CCOC(=O)c1[nH]c2c(N)cc(C)cc2c1C. The fourth-order valence-electron chi connectivity index (χ4n) is 2.01. The van der Waals surface area contributed by atoms with E-state index in [-0.39, 0.29) is 5.97 Å². The zero-order valence-corrected chi connectivity index (χ0v) is 10.3. The van der Waals surface area contributed by atoms with Crippen LogP contribution in [0.15, 0.2) is 12.1 Å². The summed E-state index contributed by atoms with van der Waals surface area (Å²) in [6, 6.07) is 3.90. The Balaban J connectivity index is 2.64. The van der Waals surface area contributed by atoms with Crippen molar-refractivity contribution in [2.75, 3.05) is 12.3 Å². The lowest BCUT2D eigenvalue weighted by Gasteiger charge is -1.99. The molecule has 1 heterocycles. The van der Waals surface area contributed by atoms with Crippen molar-refractivity contribution < 1.29 is 9.53 Å². The van der Waals surface area contributed by atoms with Crippen LogP contribution in [0.4, 0.5) is 5.69 Å². The summed E-state index contributed by atoms with van der Waals surface area (Å²) in [6.07, 6.45) is 0. The van der Waals surface area contributed by atoms with Crippen LogP contribution in [0.5, 0.6) is 0 Å². The van der Waals surface area contributed by atoms with Gasteiger partial charge in [0.15, 0.2) is 0 Å². The van der Waals surface area contributed by atoms with Gasteiger partial charge in [-0.1, -0.05) is 0 Å². The molecule has 0 amide bonds. The first-order valence-electron chi connectivity index (χ1n) is 5.60. The van der Waals surface area contributed by atoms with Gasteiger partial charge in [-0.3, -0.25) is 0 Å². The second-order valence-electron chi connectivity index (χ2n) is 4.12. The maximum Gasteiger partial charge on any atom is 0.355 e. The molecule has 0 aliphatic rings. The van der Waals surface area contributed by atoms with Crippen LogP contribution in [0.25, 0.3) is 10.9 Å². The van der Waals surface area contributed by atoms with Crippen LogP contribution in [0.3, 0.4) is 0 Å². The minimum Gasteiger partial charge on any atom is -0.461 e. The summed E-state index contributed by atoms with van der Waals surface area (Å²) in [4.78, 5) is 14.8. The van der Waals surface area contributed by atoms with E-state index < -0.39 is 0 Å². The Morgan fingerprint density at radius 1 is 1.41 bits per heavy atom. The first kappa shape index (κ1) is 11.5. The molecular formula is C13H16N2O2. The third kappa shape index (κ3) is 1.86.